The molecule has 0 spiro atoms. The van der Waals surface area contributed by atoms with E-state index >= 15 is 0 Å². The van der Waals surface area contributed by atoms with Crippen molar-refractivity contribution < 1.29 is 9.59 Å². The van der Waals surface area contributed by atoms with Gasteiger partial charge in [-0.25, -0.2) is 0 Å². The second kappa shape index (κ2) is 9.26. The van der Waals surface area contributed by atoms with Crippen molar-refractivity contribution in [1.82, 2.24) is 24.5 Å². The Hall–Kier alpha value is -1.93. The molecule has 29 heavy (non-hydrogen) atoms. The normalized spacial score (nSPS) is 24.7. The van der Waals surface area contributed by atoms with Crippen LogP contribution in [-0.4, -0.2) is 88.1 Å². The van der Waals surface area contributed by atoms with Crippen molar-refractivity contribution >= 4 is 17.6 Å². The minimum absolute atomic E-state index is 0.00334. The van der Waals surface area contributed by atoms with Crippen LogP contribution < -0.4 is 5.32 Å². The van der Waals surface area contributed by atoms with Crippen LogP contribution in [0, 0.1) is 5.92 Å². The molecule has 3 aliphatic rings. The lowest BCUT2D eigenvalue weighted by molar-refractivity contribution is -0.136. The molecule has 1 aromatic rings. The van der Waals surface area contributed by atoms with E-state index in [1.54, 1.807) is 10.7 Å². The fraction of sp³-hybridized carbons (Fsp3) is 0.762. The Labute approximate surface area is 173 Å². The summed E-state index contributed by atoms with van der Waals surface area (Å²) < 4.78 is 1.68. The van der Waals surface area contributed by atoms with E-state index in [0.717, 1.165) is 77.8 Å². The molecule has 2 amide bonds. The zero-order chi connectivity index (χ0) is 20.2. The van der Waals surface area contributed by atoms with Crippen molar-refractivity contribution in [2.75, 3.05) is 51.1 Å². The van der Waals surface area contributed by atoms with Crippen LogP contribution in [0.25, 0.3) is 0 Å². The van der Waals surface area contributed by atoms with Crippen molar-refractivity contribution in [3.8, 4) is 0 Å². The Kier molecular flexibility index (Phi) is 6.50. The van der Waals surface area contributed by atoms with Crippen LogP contribution in [0.5, 0.6) is 0 Å². The maximum Gasteiger partial charge on any atom is 0.239 e. The minimum Gasteiger partial charge on any atom is -0.342 e. The molecule has 8 heteroatoms. The number of carbonyl (C=O) groups is 2. The number of hydrogen-bond donors (Lipinski definition) is 1. The average Bonchev–Trinajstić information content (AvgIpc) is 3.40. The number of aryl methyl sites for hydroxylation is 1. The number of hydrogen-bond acceptors (Lipinski definition) is 5. The highest BCUT2D eigenvalue weighted by molar-refractivity contribution is 5.91. The topological polar surface area (TPSA) is 73.7 Å². The summed E-state index contributed by atoms with van der Waals surface area (Å²) in [5.41, 5.74) is 0. The van der Waals surface area contributed by atoms with Crippen LogP contribution in [0.4, 0.5) is 5.82 Å². The van der Waals surface area contributed by atoms with E-state index in [0.29, 0.717) is 24.3 Å². The van der Waals surface area contributed by atoms with Gasteiger partial charge in [0, 0.05) is 58.1 Å². The third kappa shape index (κ3) is 5.17. The number of carbonyl (C=O) groups excluding carboxylic acids is 2. The maximum absolute atomic E-state index is 12.8. The Balaban J connectivity index is 1.21. The maximum atomic E-state index is 12.8. The van der Waals surface area contributed by atoms with Gasteiger partial charge >= 0.3 is 0 Å². The van der Waals surface area contributed by atoms with Crippen LogP contribution in [-0.2, 0) is 16.6 Å². The fourth-order valence-electron chi connectivity index (χ4n) is 5.05. The highest BCUT2D eigenvalue weighted by Crippen LogP contribution is 2.26. The summed E-state index contributed by atoms with van der Waals surface area (Å²) in [6.45, 7) is 6.21. The minimum atomic E-state index is -0.00334. The first-order valence-electron chi connectivity index (χ1n) is 11.1. The molecular weight excluding hydrogens is 368 g/mol. The van der Waals surface area contributed by atoms with E-state index in [1.807, 2.05) is 13.2 Å². The Morgan fingerprint density at radius 2 is 1.83 bits per heavy atom. The zero-order valence-electron chi connectivity index (χ0n) is 17.6. The first-order chi connectivity index (χ1) is 14.1. The number of aromatic nitrogens is 2. The molecule has 4 heterocycles. The molecule has 1 unspecified atom stereocenters. The molecule has 1 aromatic heterocycles. The lowest BCUT2D eigenvalue weighted by atomic mass is 9.93. The summed E-state index contributed by atoms with van der Waals surface area (Å²) in [6.07, 6.45) is 8.45. The third-order valence-corrected chi connectivity index (χ3v) is 6.64. The molecule has 0 aromatic carbocycles. The van der Waals surface area contributed by atoms with Crippen LogP contribution >= 0.6 is 0 Å². The lowest BCUT2D eigenvalue weighted by Gasteiger charge is -2.42. The molecule has 0 aliphatic carbocycles. The van der Waals surface area contributed by atoms with Gasteiger partial charge in [0.1, 0.15) is 0 Å². The van der Waals surface area contributed by atoms with Gasteiger partial charge in [-0.2, -0.15) is 5.10 Å². The van der Waals surface area contributed by atoms with Gasteiger partial charge in [-0.15, -0.1) is 0 Å². The molecule has 0 bridgehead atoms. The van der Waals surface area contributed by atoms with Gasteiger partial charge in [0.05, 0.1) is 12.5 Å². The number of anilines is 1. The first-order valence-corrected chi connectivity index (χ1v) is 11.1. The smallest absolute Gasteiger partial charge is 0.239 e. The van der Waals surface area contributed by atoms with E-state index in [9.17, 15) is 9.59 Å². The second-order valence-corrected chi connectivity index (χ2v) is 8.80. The number of piperidine rings is 2. The summed E-state index contributed by atoms with van der Waals surface area (Å²) in [5, 5.41) is 7.06. The van der Waals surface area contributed by atoms with E-state index in [2.05, 4.69) is 25.1 Å². The summed E-state index contributed by atoms with van der Waals surface area (Å²) in [4.78, 5) is 31.9. The monoisotopic (exact) mass is 402 g/mol. The van der Waals surface area contributed by atoms with E-state index in [-0.39, 0.29) is 11.8 Å². The molecule has 3 saturated heterocycles. The Morgan fingerprint density at radius 3 is 2.52 bits per heavy atom. The number of amides is 2. The van der Waals surface area contributed by atoms with Crippen molar-refractivity contribution in [2.24, 2.45) is 13.0 Å². The average molecular weight is 403 g/mol. The van der Waals surface area contributed by atoms with Crippen molar-refractivity contribution in [3.63, 3.8) is 0 Å². The molecule has 3 fully saturated rings. The quantitative estimate of drug-likeness (QED) is 0.800. The Bertz CT molecular complexity index is 706. The highest BCUT2D eigenvalue weighted by atomic mass is 16.2. The van der Waals surface area contributed by atoms with Crippen LogP contribution in [0.15, 0.2) is 12.3 Å². The number of nitrogens with one attached hydrogen (secondary N) is 1. The van der Waals surface area contributed by atoms with E-state index in [4.69, 9.17) is 0 Å². The van der Waals surface area contributed by atoms with Crippen LogP contribution in [0.1, 0.15) is 38.5 Å². The van der Waals surface area contributed by atoms with Gasteiger partial charge in [-0.05, 0) is 45.1 Å². The van der Waals surface area contributed by atoms with Crippen molar-refractivity contribution in [3.05, 3.63) is 12.3 Å². The second-order valence-electron chi connectivity index (χ2n) is 8.80. The van der Waals surface area contributed by atoms with Crippen LogP contribution in [0.2, 0.25) is 0 Å². The third-order valence-electron chi connectivity index (χ3n) is 6.64. The molecule has 1 N–H and O–H groups in total. The zero-order valence-corrected chi connectivity index (χ0v) is 17.6. The first kappa shape index (κ1) is 20.3. The summed E-state index contributed by atoms with van der Waals surface area (Å²) in [6, 6.07) is 2.35. The van der Waals surface area contributed by atoms with E-state index < -0.39 is 0 Å². The van der Waals surface area contributed by atoms with Gasteiger partial charge in [-0.1, -0.05) is 0 Å². The van der Waals surface area contributed by atoms with Crippen molar-refractivity contribution in [2.45, 2.75) is 44.6 Å². The molecule has 3 aliphatic heterocycles. The van der Waals surface area contributed by atoms with E-state index in [1.165, 1.54) is 0 Å². The molecule has 4 rings (SSSR count). The SMILES string of the molecule is Cn1ccc(NC(=O)CN2CCC(N3CCCC(C(=O)N4CCCC4)C3)CC2)n1. The summed E-state index contributed by atoms with van der Waals surface area (Å²) >= 11 is 0. The number of rotatable bonds is 5. The lowest BCUT2D eigenvalue weighted by Crippen LogP contribution is -2.51. The molecule has 0 radical (unpaired) electrons. The Morgan fingerprint density at radius 1 is 1.07 bits per heavy atom. The largest absolute Gasteiger partial charge is 0.342 e. The van der Waals surface area contributed by atoms with Crippen molar-refractivity contribution in [1.29, 1.82) is 0 Å². The molecule has 8 nitrogen and oxygen atoms in total. The highest BCUT2D eigenvalue weighted by Gasteiger charge is 2.34. The molecular formula is C21H34N6O2. The van der Waals surface area contributed by atoms with Gasteiger partial charge in [0.15, 0.2) is 5.82 Å². The predicted molar refractivity (Wildman–Crippen MR) is 111 cm³/mol. The molecule has 160 valence electrons. The molecule has 1 atom stereocenters. The number of likely N-dealkylation sites (tertiary alicyclic amines) is 3. The van der Waals surface area contributed by atoms with Crippen LogP contribution in [0.3, 0.4) is 0 Å². The predicted octanol–water partition coefficient (Wildman–Crippen LogP) is 1.16. The molecule has 0 saturated carbocycles. The summed E-state index contributed by atoms with van der Waals surface area (Å²) in [5.74, 6) is 1.17. The van der Waals surface area contributed by atoms with Gasteiger partial charge in [0.2, 0.25) is 11.8 Å². The van der Waals surface area contributed by atoms with Gasteiger partial charge < -0.3 is 10.2 Å². The van der Waals surface area contributed by atoms with Gasteiger partial charge in [0.25, 0.3) is 0 Å². The number of nitrogens with zero attached hydrogens (tertiary/aromatic N) is 5. The summed E-state index contributed by atoms with van der Waals surface area (Å²) in [7, 11) is 1.84. The standard InChI is InChI=1S/C21H34N6O2/c1-24-12-8-19(23-24)22-20(28)16-25-13-6-18(7-14-25)27-11-4-5-17(15-27)21(29)26-9-2-3-10-26/h8,12,17-18H,2-7,9-11,13-16H2,1H3,(H,22,23,28). The van der Waals surface area contributed by atoms with Gasteiger partial charge in [-0.3, -0.25) is 24.1 Å². The fourth-order valence-corrected chi connectivity index (χ4v) is 5.05.